The Balaban J connectivity index is 2.01. The predicted molar refractivity (Wildman–Crippen MR) is 73.0 cm³/mol. The zero-order valence-electron chi connectivity index (χ0n) is 11.0. The Hall–Kier alpha value is -2.15. The first kappa shape index (κ1) is 14.3. The van der Waals surface area contributed by atoms with Crippen molar-refractivity contribution in [3.63, 3.8) is 0 Å². The number of carbonyl (C=O) groups excluding carboxylic acids is 1. The number of hydrogen-bond acceptors (Lipinski definition) is 5. The Bertz CT molecular complexity index is 630. The number of aromatic nitrogens is 1. The van der Waals surface area contributed by atoms with Gasteiger partial charge in [-0.15, -0.1) is 11.3 Å². The monoisotopic (exact) mass is 294 g/mol. The lowest BCUT2D eigenvalue weighted by Crippen LogP contribution is -2.23. The van der Waals surface area contributed by atoms with Crippen LogP contribution in [0.15, 0.2) is 22.1 Å². The number of thiazole rings is 1. The number of aromatic carboxylic acids is 1. The molecular weight excluding hydrogens is 280 g/mol. The van der Waals surface area contributed by atoms with E-state index in [9.17, 15) is 9.59 Å². The van der Waals surface area contributed by atoms with Gasteiger partial charge in [0.15, 0.2) is 11.5 Å². The molecule has 20 heavy (non-hydrogen) atoms. The molecule has 0 fully saturated rings. The summed E-state index contributed by atoms with van der Waals surface area (Å²) in [6.07, 6.45) is 1.48. The van der Waals surface area contributed by atoms with Gasteiger partial charge in [0.25, 0.3) is 5.91 Å². The molecule has 0 unspecified atom stereocenters. The molecule has 6 nitrogen and oxygen atoms in total. The molecule has 2 aromatic heterocycles. The molecule has 0 aliphatic rings. The summed E-state index contributed by atoms with van der Waals surface area (Å²) in [5.41, 5.74) is 0.827. The molecule has 0 aliphatic carbocycles. The molecule has 0 bridgehead atoms. The van der Waals surface area contributed by atoms with Crippen molar-refractivity contribution in [1.82, 2.24) is 10.3 Å². The lowest BCUT2D eigenvalue weighted by Gasteiger charge is -2.05. The third-order valence-corrected chi connectivity index (χ3v) is 3.54. The lowest BCUT2D eigenvalue weighted by molar-refractivity contribution is 0.0691. The summed E-state index contributed by atoms with van der Waals surface area (Å²) in [6.45, 7) is 4.12. The maximum absolute atomic E-state index is 12.0. The summed E-state index contributed by atoms with van der Waals surface area (Å²) < 4.78 is 5.20. The molecule has 0 aliphatic heterocycles. The van der Waals surface area contributed by atoms with Gasteiger partial charge in [0.1, 0.15) is 5.01 Å². The average Bonchev–Trinajstić information content (AvgIpc) is 3.04. The van der Waals surface area contributed by atoms with Crippen LogP contribution in [0.4, 0.5) is 0 Å². The molecule has 0 saturated carbocycles. The van der Waals surface area contributed by atoms with Crippen LogP contribution in [0, 0.1) is 0 Å². The van der Waals surface area contributed by atoms with Gasteiger partial charge in [-0.2, -0.15) is 0 Å². The minimum Gasteiger partial charge on any atom is -0.476 e. The molecule has 0 saturated heterocycles. The fourth-order valence-electron chi connectivity index (χ4n) is 1.68. The quantitative estimate of drug-likeness (QED) is 0.883. The highest BCUT2D eigenvalue weighted by Gasteiger charge is 2.18. The first-order valence-electron chi connectivity index (χ1n) is 6.02. The lowest BCUT2D eigenvalue weighted by atomic mass is 10.0. The molecule has 2 aromatic rings. The van der Waals surface area contributed by atoms with Crippen molar-refractivity contribution in [2.24, 2.45) is 0 Å². The second-order valence-electron chi connectivity index (χ2n) is 4.47. The first-order chi connectivity index (χ1) is 9.49. The summed E-state index contributed by atoms with van der Waals surface area (Å²) in [5.74, 6) is -0.930. The number of rotatable bonds is 5. The maximum Gasteiger partial charge on any atom is 0.355 e. The molecule has 0 atom stereocenters. The maximum atomic E-state index is 12.0. The molecule has 1 amide bonds. The zero-order valence-corrected chi connectivity index (χ0v) is 11.9. The van der Waals surface area contributed by atoms with E-state index in [1.165, 1.54) is 23.0 Å². The van der Waals surface area contributed by atoms with E-state index in [0.29, 0.717) is 5.01 Å². The van der Waals surface area contributed by atoms with Gasteiger partial charge in [0.2, 0.25) is 0 Å². The molecular formula is C13H14N2O4S. The Kier molecular flexibility index (Phi) is 4.19. The molecule has 0 radical (unpaired) electrons. The number of carboxylic acid groups (broad SMARTS) is 1. The smallest absolute Gasteiger partial charge is 0.355 e. The van der Waals surface area contributed by atoms with Crippen LogP contribution >= 0.6 is 11.3 Å². The van der Waals surface area contributed by atoms with E-state index < -0.39 is 5.97 Å². The summed E-state index contributed by atoms with van der Waals surface area (Å²) >= 11 is 1.19. The number of nitrogens with one attached hydrogen (secondary N) is 1. The third-order valence-electron chi connectivity index (χ3n) is 2.69. The Morgan fingerprint density at radius 3 is 2.85 bits per heavy atom. The first-order valence-corrected chi connectivity index (χ1v) is 6.90. The average molecular weight is 294 g/mol. The summed E-state index contributed by atoms with van der Waals surface area (Å²) in [5, 5.41) is 13.4. The van der Waals surface area contributed by atoms with Crippen molar-refractivity contribution >= 4 is 23.2 Å². The van der Waals surface area contributed by atoms with E-state index in [2.05, 4.69) is 10.3 Å². The second-order valence-corrected chi connectivity index (χ2v) is 5.42. The van der Waals surface area contributed by atoms with Crippen LogP contribution in [0.3, 0.4) is 0 Å². The van der Waals surface area contributed by atoms with Crippen LogP contribution in [-0.4, -0.2) is 22.0 Å². The van der Waals surface area contributed by atoms with Crippen molar-refractivity contribution < 1.29 is 19.1 Å². The van der Waals surface area contributed by atoms with Crippen molar-refractivity contribution in [3.05, 3.63) is 39.7 Å². The van der Waals surface area contributed by atoms with E-state index in [-0.39, 0.29) is 29.8 Å². The van der Waals surface area contributed by atoms with Crippen LogP contribution in [0.5, 0.6) is 0 Å². The van der Waals surface area contributed by atoms with Gasteiger partial charge >= 0.3 is 5.97 Å². The van der Waals surface area contributed by atoms with E-state index in [1.807, 2.05) is 13.8 Å². The van der Waals surface area contributed by atoms with Crippen LogP contribution in [0.2, 0.25) is 0 Å². The molecule has 0 aromatic carbocycles. The van der Waals surface area contributed by atoms with Gasteiger partial charge in [-0.3, -0.25) is 4.79 Å². The highest BCUT2D eigenvalue weighted by Crippen LogP contribution is 2.20. The SMILES string of the molecule is CC(C)c1ccoc1C(=O)NCc1nc(C(=O)O)cs1. The third kappa shape index (κ3) is 3.05. The van der Waals surface area contributed by atoms with Crippen LogP contribution in [0.25, 0.3) is 0 Å². The molecule has 0 spiro atoms. The second kappa shape index (κ2) is 5.87. The standard InChI is InChI=1S/C13H14N2O4S/c1-7(2)8-3-4-19-11(8)12(16)14-5-10-15-9(6-20-10)13(17)18/h3-4,6-7H,5H2,1-2H3,(H,14,16)(H,17,18). The van der Waals surface area contributed by atoms with Crippen molar-refractivity contribution in [3.8, 4) is 0 Å². The zero-order chi connectivity index (χ0) is 14.7. The van der Waals surface area contributed by atoms with E-state index >= 15 is 0 Å². The Labute approximate surface area is 119 Å². The largest absolute Gasteiger partial charge is 0.476 e. The molecule has 2 rings (SSSR count). The minimum atomic E-state index is -1.08. The van der Waals surface area contributed by atoms with Crippen LogP contribution < -0.4 is 5.32 Å². The van der Waals surface area contributed by atoms with Gasteiger partial charge in [-0.05, 0) is 12.0 Å². The Morgan fingerprint density at radius 1 is 1.50 bits per heavy atom. The number of hydrogen-bond donors (Lipinski definition) is 2. The number of nitrogens with zero attached hydrogens (tertiary/aromatic N) is 1. The molecule has 7 heteroatoms. The van der Waals surface area contributed by atoms with Crippen LogP contribution in [0.1, 0.15) is 51.4 Å². The Morgan fingerprint density at radius 2 is 2.25 bits per heavy atom. The predicted octanol–water partition coefficient (Wildman–Crippen LogP) is 2.49. The highest BCUT2D eigenvalue weighted by molar-refractivity contribution is 7.09. The van der Waals surface area contributed by atoms with Crippen LogP contribution in [-0.2, 0) is 6.54 Å². The van der Waals surface area contributed by atoms with E-state index in [4.69, 9.17) is 9.52 Å². The fraction of sp³-hybridized carbons (Fsp3) is 0.308. The van der Waals surface area contributed by atoms with Crippen molar-refractivity contribution in [2.75, 3.05) is 0 Å². The normalized spacial score (nSPS) is 10.8. The van der Waals surface area contributed by atoms with Gasteiger partial charge in [0, 0.05) is 10.9 Å². The molecule has 106 valence electrons. The number of amides is 1. The van der Waals surface area contributed by atoms with E-state index in [1.54, 1.807) is 6.07 Å². The number of furan rings is 1. The number of carboxylic acids is 1. The topological polar surface area (TPSA) is 92.4 Å². The van der Waals surface area contributed by atoms with Gasteiger partial charge in [-0.25, -0.2) is 9.78 Å². The molecule has 2 N–H and O–H groups in total. The van der Waals surface area contributed by atoms with Gasteiger partial charge in [0.05, 0.1) is 12.8 Å². The van der Waals surface area contributed by atoms with Gasteiger partial charge < -0.3 is 14.8 Å². The van der Waals surface area contributed by atoms with Crippen molar-refractivity contribution in [2.45, 2.75) is 26.3 Å². The summed E-state index contributed by atoms with van der Waals surface area (Å²) in [6, 6.07) is 1.77. The number of carbonyl (C=O) groups is 2. The summed E-state index contributed by atoms with van der Waals surface area (Å²) in [7, 11) is 0. The molecule has 2 heterocycles. The summed E-state index contributed by atoms with van der Waals surface area (Å²) in [4.78, 5) is 26.6. The minimum absolute atomic E-state index is 0.0138. The fourth-order valence-corrected chi connectivity index (χ4v) is 2.39. The van der Waals surface area contributed by atoms with E-state index in [0.717, 1.165) is 5.56 Å². The van der Waals surface area contributed by atoms with Gasteiger partial charge in [-0.1, -0.05) is 13.8 Å². The highest BCUT2D eigenvalue weighted by atomic mass is 32.1. The van der Waals surface area contributed by atoms with Crippen molar-refractivity contribution in [1.29, 1.82) is 0 Å².